The molecule has 0 aliphatic carbocycles. The number of rotatable bonds is 0. The minimum absolute atomic E-state index is 0.0445. The van der Waals surface area contributed by atoms with E-state index in [1.165, 1.54) is 44.5 Å². The van der Waals surface area contributed by atoms with Gasteiger partial charge in [-0.25, -0.2) is 0 Å². The number of hydrogen-bond donors (Lipinski definition) is 0. The van der Waals surface area contributed by atoms with E-state index in [0.717, 1.165) is 23.0 Å². The van der Waals surface area contributed by atoms with E-state index >= 15 is 0 Å². The molecule has 2 nitrogen and oxygen atoms in total. The van der Waals surface area contributed by atoms with Crippen LogP contribution in [0, 0.1) is 0 Å². The molecule has 14 rings (SSSR count). The third kappa shape index (κ3) is 6.94. The summed E-state index contributed by atoms with van der Waals surface area (Å²) in [5.41, 5.74) is 12.2. The van der Waals surface area contributed by atoms with Crippen LogP contribution in [-0.4, -0.2) is 11.6 Å². The van der Waals surface area contributed by atoms with E-state index in [9.17, 15) is 9.59 Å². The van der Waals surface area contributed by atoms with Gasteiger partial charge in [0.1, 0.15) is 0 Å². The Morgan fingerprint density at radius 3 is 0.870 bits per heavy atom. The number of ketones is 2. The van der Waals surface area contributed by atoms with Crippen LogP contribution in [-0.2, 0) is 23.0 Å². The second-order valence-electron chi connectivity index (χ2n) is 11.6. The van der Waals surface area contributed by atoms with Crippen molar-refractivity contribution in [2.45, 2.75) is 23.0 Å². The van der Waals surface area contributed by atoms with Crippen LogP contribution in [0.2, 0.25) is 0 Å². The first-order valence-electron chi connectivity index (χ1n) is 15.4. The van der Waals surface area contributed by atoms with Crippen LogP contribution in [0.3, 0.4) is 0 Å². The Balaban J connectivity index is 1.14. The molecule has 8 heterocycles. The van der Waals surface area contributed by atoms with E-state index in [1.54, 1.807) is 24.3 Å². The minimum atomic E-state index is -0.0445. The lowest BCUT2D eigenvalue weighted by Gasteiger charge is -2.09. The van der Waals surface area contributed by atoms with Gasteiger partial charge in [0.2, 0.25) is 0 Å². The third-order valence-corrected chi connectivity index (χ3v) is 10.5. The number of carbonyl (C=O) groups excluding carboxylic acids is 2. The number of benzene rings is 6. The zero-order chi connectivity index (χ0) is 31.3. The van der Waals surface area contributed by atoms with Crippen molar-refractivity contribution in [3.05, 3.63) is 190 Å². The molecule has 0 aromatic heterocycles. The third-order valence-electron chi connectivity index (χ3n) is 8.35. The first kappa shape index (κ1) is 30.0. The summed E-state index contributed by atoms with van der Waals surface area (Å²) < 4.78 is 0. The molecule has 0 saturated carbocycles. The van der Waals surface area contributed by atoms with E-state index in [1.807, 2.05) is 72.1 Å². The van der Waals surface area contributed by atoms with Crippen LogP contribution < -0.4 is 0 Å². The summed E-state index contributed by atoms with van der Waals surface area (Å²) in [6, 6.07) is 49.2. The Hall–Kier alpha value is -4.64. The maximum absolute atomic E-state index is 13.2. The van der Waals surface area contributed by atoms with E-state index in [-0.39, 0.29) is 11.6 Å². The fourth-order valence-electron chi connectivity index (χ4n) is 5.65. The minimum Gasteiger partial charge on any atom is -0.289 e. The first-order chi connectivity index (χ1) is 22.6. The summed E-state index contributed by atoms with van der Waals surface area (Å²) in [7, 11) is 0. The SMILES string of the molecule is O=C1c2ccc(cc2)CSCc2ccc(cc2)-c2cccc(c2)-c2ccc(cc2)CSCc2ccc(cc2)C(=O)c2ccc1cc2. The molecule has 0 amide bonds. The Morgan fingerprint density at radius 1 is 0.304 bits per heavy atom. The highest BCUT2D eigenvalue weighted by Crippen LogP contribution is 2.29. The van der Waals surface area contributed by atoms with Gasteiger partial charge in [0, 0.05) is 45.3 Å². The molecule has 224 valence electrons. The predicted octanol–water partition coefficient (Wildman–Crippen LogP) is 10.7. The van der Waals surface area contributed by atoms with Gasteiger partial charge in [0.15, 0.2) is 11.6 Å². The highest BCUT2D eigenvalue weighted by molar-refractivity contribution is 7.97. The molecule has 8 aliphatic heterocycles. The Bertz CT molecular complexity index is 1830. The van der Waals surface area contributed by atoms with Gasteiger partial charge < -0.3 is 0 Å². The van der Waals surface area contributed by atoms with Crippen molar-refractivity contribution in [3.8, 4) is 22.3 Å². The van der Waals surface area contributed by atoms with E-state index in [0.29, 0.717) is 22.3 Å². The first-order valence-corrected chi connectivity index (χ1v) is 17.7. The van der Waals surface area contributed by atoms with Crippen molar-refractivity contribution >= 4 is 35.1 Å². The maximum Gasteiger partial charge on any atom is 0.193 e. The maximum atomic E-state index is 13.2. The lowest BCUT2D eigenvalue weighted by molar-refractivity contribution is 0.102. The van der Waals surface area contributed by atoms with Crippen molar-refractivity contribution in [1.29, 1.82) is 0 Å². The van der Waals surface area contributed by atoms with Crippen LogP contribution in [0.15, 0.2) is 146 Å². The summed E-state index contributed by atoms with van der Waals surface area (Å²) in [4.78, 5) is 26.3. The highest BCUT2D eigenvalue weighted by Gasteiger charge is 2.13. The molecule has 0 N–H and O–H groups in total. The van der Waals surface area contributed by atoms with Crippen molar-refractivity contribution in [2.24, 2.45) is 0 Å². The number of thioether (sulfide) groups is 2. The molecule has 4 heteroatoms. The lowest BCUT2D eigenvalue weighted by atomic mass is 9.98. The van der Waals surface area contributed by atoms with Crippen LogP contribution in [0.5, 0.6) is 0 Å². The highest BCUT2D eigenvalue weighted by atomic mass is 32.2. The van der Waals surface area contributed by atoms with Gasteiger partial charge in [-0.2, -0.15) is 23.5 Å². The Kier molecular flexibility index (Phi) is 9.00. The Morgan fingerprint density at radius 2 is 0.565 bits per heavy atom. The lowest BCUT2D eigenvalue weighted by Crippen LogP contribution is -2.04. The molecule has 0 fully saturated rings. The monoisotopic (exact) mass is 632 g/mol. The van der Waals surface area contributed by atoms with Gasteiger partial charge in [0.25, 0.3) is 0 Å². The van der Waals surface area contributed by atoms with Gasteiger partial charge in [-0.3, -0.25) is 9.59 Å². The van der Waals surface area contributed by atoms with Crippen molar-refractivity contribution in [3.63, 3.8) is 0 Å². The zero-order valence-corrected chi connectivity index (χ0v) is 27.0. The molecule has 6 aromatic rings. The van der Waals surface area contributed by atoms with Crippen molar-refractivity contribution in [1.82, 2.24) is 0 Å². The molecule has 0 radical (unpaired) electrons. The smallest absolute Gasteiger partial charge is 0.193 e. The molecule has 12 bridgehead atoms. The molecule has 0 atom stereocenters. The van der Waals surface area contributed by atoms with Gasteiger partial charge >= 0.3 is 0 Å². The molecular weight excluding hydrogens is 601 g/mol. The fourth-order valence-corrected chi connectivity index (χ4v) is 7.57. The van der Waals surface area contributed by atoms with Crippen LogP contribution >= 0.6 is 23.5 Å². The van der Waals surface area contributed by atoms with E-state index < -0.39 is 0 Å². The topological polar surface area (TPSA) is 34.1 Å². The van der Waals surface area contributed by atoms with Crippen LogP contribution in [0.1, 0.15) is 54.1 Å². The summed E-state index contributed by atoms with van der Waals surface area (Å²) in [5, 5.41) is 0. The van der Waals surface area contributed by atoms with E-state index in [4.69, 9.17) is 0 Å². The van der Waals surface area contributed by atoms with Crippen molar-refractivity contribution in [2.75, 3.05) is 0 Å². The standard InChI is InChI=1S/C42H32O2S2/c43-41-35-16-8-31(9-17-35)27-45-25-29-4-12-33(13-5-29)39-2-1-3-40(24-39)34-14-6-30(7-15-34)26-46-28-32-10-18-36(19-11-32)42(44)38-22-20-37(41)21-23-38/h1-24H,25-28H2. The second-order valence-corrected chi connectivity index (χ2v) is 13.6. The number of fused-ring (bicyclic) bond motifs is 1. The van der Waals surface area contributed by atoms with E-state index in [2.05, 4.69) is 72.8 Å². The van der Waals surface area contributed by atoms with Gasteiger partial charge in [-0.05, 0) is 50.6 Å². The molecule has 8 aliphatic rings. The quantitative estimate of drug-likeness (QED) is 0.167. The zero-order valence-electron chi connectivity index (χ0n) is 25.3. The van der Waals surface area contributed by atoms with Crippen LogP contribution in [0.25, 0.3) is 22.3 Å². The van der Waals surface area contributed by atoms with Gasteiger partial charge in [0.05, 0.1) is 0 Å². The molecule has 0 spiro atoms. The molecule has 0 saturated heterocycles. The average Bonchev–Trinajstić information content (AvgIpc) is 3.12. The average molecular weight is 633 g/mol. The normalized spacial score (nSPS) is 13.7. The largest absolute Gasteiger partial charge is 0.289 e. The molecular formula is C42H32O2S2. The molecule has 0 unspecified atom stereocenters. The summed E-state index contributed by atoms with van der Waals surface area (Å²) in [5.74, 6) is 3.48. The summed E-state index contributed by atoms with van der Waals surface area (Å²) in [6.07, 6.45) is 0. The van der Waals surface area contributed by atoms with Crippen LogP contribution in [0.4, 0.5) is 0 Å². The fraction of sp³-hybridized carbons (Fsp3) is 0.0952. The van der Waals surface area contributed by atoms with Gasteiger partial charge in [-0.1, -0.05) is 140 Å². The van der Waals surface area contributed by atoms with Crippen molar-refractivity contribution < 1.29 is 9.59 Å². The Labute approximate surface area is 278 Å². The summed E-state index contributed by atoms with van der Waals surface area (Å²) >= 11 is 3.73. The summed E-state index contributed by atoms with van der Waals surface area (Å²) in [6.45, 7) is 0. The molecule has 46 heavy (non-hydrogen) atoms. The predicted molar refractivity (Wildman–Crippen MR) is 194 cm³/mol. The molecule has 6 aromatic carbocycles. The van der Waals surface area contributed by atoms with Gasteiger partial charge in [-0.15, -0.1) is 0 Å². The second kappa shape index (κ2) is 13.8. The number of hydrogen-bond acceptors (Lipinski definition) is 4. The number of carbonyl (C=O) groups is 2.